The number of methoxy groups -OCH3 is 2. The van der Waals surface area contributed by atoms with Crippen LogP contribution in [-0.4, -0.2) is 40.6 Å². The summed E-state index contributed by atoms with van der Waals surface area (Å²) in [4.78, 5) is 0. The Hall–Kier alpha value is -1.26. The lowest BCUT2D eigenvalue weighted by Gasteiger charge is -2.14. The maximum atomic E-state index is 5.63. The van der Waals surface area contributed by atoms with Gasteiger partial charge in [0.2, 0.25) is 0 Å². The Labute approximate surface area is 109 Å². The molecule has 0 aliphatic heterocycles. The zero-order valence-corrected chi connectivity index (χ0v) is 11.6. The second kappa shape index (κ2) is 7.95. The van der Waals surface area contributed by atoms with Gasteiger partial charge >= 0.3 is 0 Å². The summed E-state index contributed by atoms with van der Waals surface area (Å²) in [6, 6.07) is 3.99. The zero-order valence-electron chi connectivity index (χ0n) is 11.6. The first kappa shape index (κ1) is 14.8. The Morgan fingerprint density at radius 1 is 0.722 bits per heavy atom. The van der Waals surface area contributed by atoms with E-state index in [4.69, 9.17) is 18.9 Å². The largest absolute Gasteiger partial charge is 0.491 e. The van der Waals surface area contributed by atoms with Gasteiger partial charge in [-0.25, -0.2) is 0 Å². The molecule has 1 aromatic rings. The van der Waals surface area contributed by atoms with Crippen LogP contribution in [0.15, 0.2) is 12.1 Å². The molecule has 4 nitrogen and oxygen atoms in total. The van der Waals surface area contributed by atoms with Crippen LogP contribution in [0.4, 0.5) is 0 Å². The van der Waals surface area contributed by atoms with Crippen LogP contribution < -0.4 is 9.47 Å². The zero-order chi connectivity index (χ0) is 13.4. The third-order valence-corrected chi connectivity index (χ3v) is 2.56. The molecule has 0 radical (unpaired) electrons. The molecule has 18 heavy (non-hydrogen) atoms. The molecular formula is C14H22O4. The summed E-state index contributed by atoms with van der Waals surface area (Å²) in [5.74, 6) is 1.76. The fraction of sp³-hybridized carbons (Fsp3) is 0.571. The Bertz CT molecular complexity index is 327. The van der Waals surface area contributed by atoms with Gasteiger partial charge in [0.25, 0.3) is 0 Å². The van der Waals surface area contributed by atoms with Gasteiger partial charge in [-0.2, -0.15) is 0 Å². The van der Waals surface area contributed by atoms with Gasteiger partial charge in [-0.15, -0.1) is 0 Å². The van der Waals surface area contributed by atoms with Crippen LogP contribution in [0.1, 0.15) is 11.1 Å². The van der Waals surface area contributed by atoms with Gasteiger partial charge in [0, 0.05) is 14.2 Å². The van der Waals surface area contributed by atoms with E-state index in [0.29, 0.717) is 26.4 Å². The van der Waals surface area contributed by atoms with Gasteiger partial charge in [-0.05, 0) is 37.1 Å². The SMILES string of the molecule is COCCOc1cc(C)c(OCCOC)cc1C. The van der Waals surface area contributed by atoms with Crippen LogP contribution in [0, 0.1) is 13.8 Å². The number of aryl methyl sites for hydroxylation is 2. The summed E-state index contributed by atoms with van der Waals surface area (Å²) in [5, 5.41) is 0. The summed E-state index contributed by atoms with van der Waals surface area (Å²) in [7, 11) is 3.32. The van der Waals surface area contributed by atoms with E-state index in [1.165, 1.54) is 0 Å². The summed E-state index contributed by atoms with van der Waals surface area (Å²) < 4.78 is 21.2. The molecule has 0 aliphatic rings. The molecule has 0 atom stereocenters. The highest BCUT2D eigenvalue weighted by molar-refractivity contribution is 5.45. The smallest absolute Gasteiger partial charge is 0.122 e. The van der Waals surface area contributed by atoms with Gasteiger partial charge < -0.3 is 18.9 Å². The van der Waals surface area contributed by atoms with Gasteiger partial charge in [0.15, 0.2) is 0 Å². The minimum Gasteiger partial charge on any atom is -0.491 e. The van der Waals surface area contributed by atoms with Crippen LogP contribution in [0.25, 0.3) is 0 Å². The Morgan fingerprint density at radius 2 is 1.11 bits per heavy atom. The van der Waals surface area contributed by atoms with Crippen LogP contribution in [0.3, 0.4) is 0 Å². The third-order valence-electron chi connectivity index (χ3n) is 2.56. The van der Waals surface area contributed by atoms with E-state index in [2.05, 4.69) is 0 Å². The van der Waals surface area contributed by atoms with Crippen molar-refractivity contribution >= 4 is 0 Å². The van der Waals surface area contributed by atoms with Crippen molar-refractivity contribution in [1.29, 1.82) is 0 Å². The van der Waals surface area contributed by atoms with E-state index in [9.17, 15) is 0 Å². The van der Waals surface area contributed by atoms with Crippen LogP contribution in [-0.2, 0) is 9.47 Å². The molecule has 0 saturated heterocycles. The Balaban J connectivity index is 2.64. The van der Waals surface area contributed by atoms with Gasteiger partial charge in [-0.3, -0.25) is 0 Å². The normalized spacial score (nSPS) is 10.4. The van der Waals surface area contributed by atoms with Crippen molar-refractivity contribution < 1.29 is 18.9 Å². The Kier molecular flexibility index (Phi) is 6.54. The van der Waals surface area contributed by atoms with E-state index in [0.717, 1.165) is 22.6 Å². The summed E-state index contributed by atoms with van der Waals surface area (Å²) >= 11 is 0. The second-order valence-electron chi connectivity index (χ2n) is 4.07. The first-order valence-electron chi connectivity index (χ1n) is 6.03. The van der Waals surface area contributed by atoms with Crippen molar-refractivity contribution in [3.63, 3.8) is 0 Å². The van der Waals surface area contributed by atoms with E-state index in [-0.39, 0.29) is 0 Å². The Morgan fingerprint density at radius 3 is 1.44 bits per heavy atom. The first-order chi connectivity index (χ1) is 8.69. The molecule has 4 heteroatoms. The standard InChI is InChI=1S/C14H22O4/c1-11-9-14(18-8-6-16-4)12(2)10-13(11)17-7-5-15-3/h9-10H,5-8H2,1-4H3. The first-order valence-corrected chi connectivity index (χ1v) is 6.03. The van der Waals surface area contributed by atoms with Crippen LogP contribution in [0.2, 0.25) is 0 Å². The topological polar surface area (TPSA) is 36.9 Å². The number of hydrogen-bond acceptors (Lipinski definition) is 4. The highest BCUT2D eigenvalue weighted by atomic mass is 16.5. The average Bonchev–Trinajstić information content (AvgIpc) is 2.35. The van der Waals surface area contributed by atoms with Gasteiger partial charge in [0.05, 0.1) is 13.2 Å². The molecule has 0 fully saturated rings. The molecule has 0 saturated carbocycles. The van der Waals surface area contributed by atoms with Crippen molar-refractivity contribution in [2.24, 2.45) is 0 Å². The number of ether oxygens (including phenoxy) is 4. The molecule has 0 aliphatic carbocycles. The molecule has 0 heterocycles. The lowest BCUT2D eigenvalue weighted by atomic mass is 10.1. The predicted molar refractivity (Wildman–Crippen MR) is 70.7 cm³/mol. The summed E-state index contributed by atoms with van der Waals surface area (Å²) in [6.45, 7) is 6.30. The summed E-state index contributed by atoms with van der Waals surface area (Å²) in [6.07, 6.45) is 0. The molecule has 1 rings (SSSR count). The minimum atomic E-state index is 0.556. The second-order valence-corrected chi connectivity index (χ2v) is 4.07. The average molecular weight is 254 g/mol. The molecule has 0 amide bonds. The molecule has 102 valence electrons. The molecule has 0 N–H and O–H groups in total. The van der Waals surface area contributed by atoms with E-state index in [1.54, 1.807) is 14.2 Å². The predicted octanol–water partition coefficient (Wildman–Crippen LogP) is 2.35. The third kappa shape index (κ3) is 4.55. The summed E-state index contributed by atoms with van der Waals surface area (Å²) in [5.41, 5.74) is 2.12. The van der Waals surface area contributed by atoms with Gasteiger partial charge in [-0.1, -0.05) is 0 Å². The van der Waals surface area contributed by atoms with Crippen molar-refractivity contribution in [2.75, 3.05) is 40.6 Å². The van der Waals surface area contributed by atoms with E-state index in [1.807, 2.05) is 26.0 Å². The van der Waals surface area contributed by atoms with Crippen molar-refractivity contribution in [3.05, 3.63) is 23.3 Å². The number of benzene rings is 1. The highest BCUT2D eigenvalue weighted by Crippen LogP contribution is 2.27. The molecule has 0 bridgehead atoms. The fourth-order valence-corrected chi connectivity index (χ4v) is 1.54. The quantitative estimate of drug-likeness (QED) is 0.667. The maximum absolute atomic E-state index is 5.63. The van der Waals surface area contributed by atoms with E-state index >= 15 is 0 Å². The van der Waals surface area contributed by atoms with Crippen molar-refractivity contribution in [2.45, 2.75) is 13.8 Å². The highest BCUT2D eigenvalue weighted by Gasteiger charge is 2.06. The maximum Gasteiger partial charge on any atom is 0.122 e. The fourth-order valence-electron chi connectivity index (χ4n) is 1.54. The lowest BCUT2D eigenvalue weighted by Crippen LogP contribution is -2.07. The molecule has 0 unspecified atom stereocenters. The molecule has 0 aromatic heterocycles. The van der Waals surface area contributed by atoms with Crippen LogP contribution >= 0.6 is 0 Å². The lowest BCUT2D eigenvalue weighted by molar-refractivity contribution is 0.143. The molecule has 1 aromatic carbocycles. The molecular weight excluding hydrogens is 232 g/mol. The monoisotopic (exact) mass is 254 g/mol. The van der Waals surface area contributed by atoms with E-state index < -0.39 is 0 Å². The van der Waals surface area contributed by atoms with Gasteiger partial charge in [0.1, 0.15) is 24.7 Å². The van der Waals surface area contributed by atoms with Crippen LogP contribution in [0.5, 0.6) is 11.5 Å². The number of hydrogen-bond donors (Lipinski definition) is 0. The van der Waals surface area contributed by atoms with Crippen molar-refractivity contribution in [1.82, 2.24) is 0 Å². The molecule has 0 spiro atoms. The number of rotatable bonds is 8. The minimum absolute atomic E-state index is 0.556. The van der Waals surface area contributed by atoms with Crippen molar-refractivity contribution in [3.8, 4) is 11.5 Å².